The predicted molar refractivity (Wildman–Crippen MR) is 228 cm³/mol. The summed E-state index contributed by atoms with van der Waals surface area (Å²) in [6.07, 6.45) is 0. The van der Waals surface area contributed by atoms with Crippen LogP contribution in [0.1, 0.15) is 0 Å². The Morgan fingerprint density at radius 2 is 0.925 bits per heavy atom. The summed E-state index contributed by atoms with van der Waals surface area (Å²) in [6, 6.07) is 70.6. The smallest absolute Gasteiger partial charge is 0.252 e. The van der Waals surface area contributed by atoms with E-state index in [4.69, 9.17) is 0 Å². The zero-order valence-corrected chi connectivity index (χ0v) is 29.6. The molecule has 2 aliphatic rings. The van der Waals surface area contributed by atoms with Crippen molar-refractivity contribution in [3.63, 3.8) is 0 Å². The van der Waals surface area contributed by atoms with E-state index in [0.717, 1.165) is 28.4 Å². The molecule has 53 heavy (non-hydrogen) atoms. The second-order valence-corrected chi connectivity index (χ2v) is 14.8. The van der Waals surface area contributed by atoms with Gasteiger partial charge in [0.1, 0.15) is 0 Å². The van der Waals surface area contributed by atoms with Crippen LogP contribution in [-0.4, -0.2) is 6.71 Å². The van der Waals surface area contributed by atoms with Gasteiger partial charge in [-0.3, -0.25) is 0 Å². The van der Waals surface area contributed by atoms with Crippen molar-refractivity contribution in [2.75, 3.05) is 14.7 Å². The lowest BCUT2D eigenvalue weighted by molar-refractivity contribution is 1.27. The van der Waals surface area contributed by atoms with Crippen molar-refractivity contribution >= 4 is 106 Å². The average molecular weight is 694 g/mol. The maximum atomic E-state index is 2.53. The summed E-state index contributed by atoms with van der Waals surface area (Å²) in [5.41, 5.74) is 14.7. The van der Waals surface area contributed by atoms with Crippen LogP contribution >= 0.6 is 11.3 Å². The number of nitrogens with zero attached hydrogens (tertiary/aromatic N) is 3. The Balaban J connectivity index is 1.24. The molecule has 0 radical (unpaired) electrons. The molecule has 0 bridgehead atoms. The third-order valence-electron chi connectivity index (χ3n) is 10.8. The van der Waals surface area contributed by atoms with E-state index < -0.39 is 0 Å². The van der Waals surface area contributed by atoms with Crippen LogP contribution in [0.2, 0.25) is 0 Å². The highest BCUT2D eigenvalue weighted by Crippen LogP contribution is 2.51. The van der Waals surface area contributed by atoms with Crippen molar-refractivity contribution in [3.05, 3.63) is 194 Å². The Hall–Kier alpha value is -6.56. The van der Waals surface area contributed by atoms with E-state index in [1.165, 1.54) is 59.3 Å². The summed E-state index contributed by atoms with van der Waals surface area (Å²) in [4.78, 5) is 7.38. The highest BCUT2D eigenvalue weighted by Gasteiger charge is 2.44. The molecule has 0 saturated carbocycles. The van der Waals surface area contributed by atoms with E-state index >= 15 is 0 Å². The summed E-state index contributed by atoms with van der Waals surface area (Å²) >= 11 is 1.91. The van der Waals surface area contributed by atoms with E-state index in [9.17, 15) is 0 Å². The molecule has 0 saturated heterocycles. The molecule has 11 rings (SSSR count). The number of benzene rings is 8. The van der Waals surface area contributed by atoms with Crippen molar-refractivity contribution < 1.29 is 0 Å². The fraction of sp³-hybridized carbons (Fsp3) is 0. The van der Waals surface area contributed by atoms with Gasteiger partial charge in [0.25, 0.3) is 6.71 Å². The van der Waals surface area contributed by atoms with Crippen LogP contribution in [0.15, 0.2) is 194 Å². The van der Waals surface area contributed by atoms with Crippen LogP contribution in [0.4, 0.5) is 51.2 Å². The fourth-order valence-corrected chi connectivity index (χ4v) is 9.88. The molecular weight excluding hydrogens is 661 g/mol. The van der Waals surface area contributed by atoms with E-state index in [-0.39, 0.29) is 6.71 Å². The number of hydrogen-bond acceptors (Lipinski definition) is 4. The van der Waals surface area contributed by atoms with Gasteiger partial charge in [-0.15, -0.1) is 11.3 Å². The Bertz CT molecular complexity index is 2750. The fourth-order valence-electron chi connectivity index (χ4n) is 8.61. The van der Waals surface area contributed by atoms with Crippen molar-refractivity contribution in [2.45, 2.75) is 0 Å². The molecule has 0 unspecified atom stereocenters. The van der Waals surface area contributed by atoms with E-state index in [1.807, 2.05) is 11.3 Å². The average Bonchev–Trinajstić information content (AvgIpc) is 3.60. The van der Waals surface area contributed by atoms with Crippen LogP contribution in [0.3, 0.4) is 0 Å². The standard InChI is InChI=1S/C48H32BN3S/c1-5-17-33(18-6-1)50(34-19-7-2-8-20-34)37-29-30-38-39-32-44-46-47(48(39)53-45(38)31-37)52(36-23-11-4-12-24-36)43-28-16-14-26-41(43)49(46)40-25-13-15-27-42(40)51(44)35-21-9-3-10-22-35/h1-32H. The highest BCUT2D eigenvalue weighted by atomic mass is 32.1. The summed E-state index contributed by atoms with van der Waals surface area (Å²) in [7, 11) is 0. The monoisotopic (exact) mass is 693 g/mol. The molecule has 1 aromatic heterocycles. The number of para-hydroxylation sites is 6. The summed E-state index contributed by atoms with van der Waals surface area (Å²) < 4.78 is 2.57. The third kappa shape index (κ3) is 4.61. The zero-order valence-electron chi connectivity index (χ0n) is 28.8. The molecule has 8 aromatic carbocycles. The van der Waals surface area contributed by atoms with Crippen LogP contribution < -0.4 is 31.1 Å². The lowest BCUT2D eigenvalue weighted by Crippen LogP contribution is -2.61. The van der Waals surface area contributed by atoms with Crippen molar-refractivity contribution in [1.29, 1.82) is 0 Å². The Kier molecular flexibility index (Phi) is 6.82. The number of fused-ring (bicyclic) bond motifs is 8. The lowest BCUT2D eigenvalue weighted by Gasteiger charge is -2.44. The first-order valence-electron chi connectivity index (χ1n) is 18.1. The number of anilines is 9. The predicted octanol–water partition coefficient (Wildman–Crippen LogP) is 11.6. The van der Waals surface area contributed by atoms with Crippen LogP contribution in [0, 0.1) is 0 Å². The van der Waals surface area contributed by atoms with Crippen molar-refractivity contribution in [1.82, 2.24) is 0 Å². The SMILES string of the molecule is c1ccc(N(c2ccccc2)c2ccc3c(c2)sc2c4c5c(cc23)N(c2ccccc2)c2ccccc2B5c2ccccc2N4c2ccccc2)cc1. The molecule has 9 aromatic rings. The second kappa shape index (κ2) is 12.0. The molecule has 2 aliphatic heterocycles. The summed E-state index contributed by atoms with van der Waals surface area (Å²) in [6.45, 7) is 0.0872. The van der Waals surface area contributed by atoms with Gasteiger partial charge in [0.2, 0.25) is 0 Å². The second-order valence-electron chi connectivity index (χ2n) is 13.7. The van der Waals surface area contributed by atoms with Gasteiger partial charge in [-0.25, -0.2) is 0 Å². The zero-order chi connectivity index (χ0) is 34.9. The minimum atomic E-state index is 0.0872. The van der Waals surface area contributed by atoms with E-state index in [0.29, 0.717) is 0 Å². The minimum absolute atomic E-state index is 0.0872. The van der Waals surface area contributed by atoms with Gasteiger partial charge in [0.15, 0.2) is 0 Å². The maximum absolute atomic E-state index is 2.53. The molecule has 3 nitrogen and oxygen atoms in total. The van der Waals surface area contributed by atoms with Crippen molar-refractivity contribution in [3.8, 4) is 0 Å². The van der Waals surface area contributed by atoms with Gasteiger partial charge in [-0.2, -0.15) is 0 Å². The largest absolute Gasteiger partial charge is 0.311 e. The maximum Gasteiger partial charge on any atom is 0.252 e. The molecule has 0 spiro atoms. The Morgan fingerprint density at radius 3 is 1.53 bits per heavy atom. The topological polar surface area (TPSA) is 9.72 Å². The van der Waals surface area contributed by atoms with Crippen LogP contribution in [0.5, 0.6) is 0 Å². The minimum Gasteiger partial charge on any atom is -0.311 e. The number of rotatable bonds is 5. The Morgan fingerprint density at radius 1 is 0.415 bits per heavy atom. The first-order chi connectivity index (χ1) is 26.3. The number of hydrogen-bond donors (Lipinski definition) is 0. The van der Waals surface area contributed by atoms with Gasteiger partial charge in [-0.05, 0) is 95.3 Å². The van der Waals surface area contributed by atoms with Gasteiger partial charge >= 0.3 is 0 Å². The molecule has 0 atom stereocenters. The Labute approximate surface area is 313 Å². The number of thiophene rings is 1. The van der Waals surface area contributed by atoms with E-state index in [1.54, 1.807) is 0 Å². The highest BCUT2D eigenvalue weighted by molar-refractivity contribution is 7.26. The van der Waals surface area contributed by atoms with E-state index in [2.05, 4.69) is 209 Å². The molecular formula is C48H32BN3S. The van der Waals surface area contributed by atoms with Gasteiger partial charge in [0.05, 0.1) is 10.4 Å². The van der Waals surface area contributed by atoms with Crippen LogP contribution in [-0.2, 0) is 0 Å². The molecule has 0 fully saturated rings. The third-order valence-corrected chi connectivity index (χ3v) is 12.0. The normalized spacial score (nSPS) is 12.8. The van der Waals surface area contributed by atoms with Crippen molar-refractivity contribution in [2.24, 2.45) is 0 Å². The molecule has 5 heteroatoms. The van der Waals surface area contributed by atoms with Gasteiger partial charge < -0.3 is 14.7 Å². The van der Waals surface area contributed by atoms with Gasteiger partial charge in [0, 0.05) is 61.0 Å². The molecule has 0 N–H and O–H groups in total. The first-order valence-corrected chi connectivity index (χ1v) is 19.0. The molecule has 0 amide bonds. The first kappa shape index (κ1) is 30.1. The summed E-state index contributed by atoms with van der Waals surface area (Å²) in [5, 5.41) is 2.54. The summed E-state index contributed by atoms with van der Waals surface area (Å²) in [5.74, 6) is 0. The lowest BCUT2D eigenvalue weighted by atomic mass is 9.33. The molecule has 248 valence electrons. The quantitative estimate of drug-likeness (QED) is 0.166. The molecule has 0 aliphatic carbocycles. The molecule has 3 heterocycles. The van der Waals surface area contributed by atoms with Gasteiger partial charge in [-0.1, -0.05) is 115 Å². The van der Waals surface area contributed by atoms with Crippen LogP contribution in [0.25, 0.3) is 20.2 Å².